The first-order valence-electron chi connectivity index (χ1n) is 9.49. The Morgan fingerprint density at radius 2 is 1.56 bits per heavy atom. The van der Waals surface area contributed by atoms with Crippen molar-refractivity contribution in [3.05, 3.63) is 66.2 Å². The summed E-state index contributed by atoms with van der Waals surface area (Å²) in [6.45, 7) is 1.82. The van der Waals surface area contributed by atoms with Crippen LogP contribution < -0.4 is 5.01 Å². The predicted molar refractivity (Wildman–Crippen MR) is 101 cm³/mol. The van der Waals surface area contributed by atoms with E-state index in [0.717, 1.165) is 31.6 Å². The summed E-state index contributed by atoms with van der Waals surface area (Å²) in [5.74, 6) is 1.05. The molecule has 2 aliphatic rings. The fourth-order valence-electron chi connectivity index (χ4n) is 4.25. The first-order valence-corrected chi connectivity index (χ1v) is 9.49. The summed E-state index contributed by atoms with van der Waals surface area (Å²) in [6.07, 6.45) is 5.46. The number of benzene rings is 2. The smallest absolute Gasteiger partial charge is 0.244 e. The molecule has 25 heavy (non-hydrogen) atoms. The molecule has 2 fully saturated rings. The molecule has 1 amide bonds. The number of carbonyl (C=O) groups excluding carboxylic acids is 1. The molecule has 0 N–H and O–H groups in total. The maximum atomic E-state index is 13.4. The molecule has 0 unspecified atom stereocenters. The molecule has 2 aromatic carbocycles. The molecule has 0 aliphatic carbocycles. The Bertz CT molecular complexity index is 700. The number of hydrazine groups is 1. The zero-order valence-electron chi connectivity index (χ0n) is 14.7. The van der Waals surface area contributed by atoms with Crippen molar-refractivity contribution in [1.29, 1.82) is 0 Å². The van der Waals surface area contributed by atoms with Crippen LogP contribution in [0.3, 0.4) is 0 Å². The van der Waals surface area contributed by atoms with Gasteiger partial charge < -0.3 is 0 Å². The minimum Gasteiger partial charge on any atom is -0.283 e. The number of nitrogens with zero attached hydrogens (tertiary/aromatic N) is 2. The Morgan fingerprint density at radius 1 is 0.840 bits per heavy atom. The van der Waals surface area contributed by atoms with Gasteiger partial charge >= 0.3 is 0 Å². The van der Waals surface area contributed by atoms with Crippen LogP contribution >= 0.6 is 0 Å². The average molecular weight is 334 g/mol. The first-order chi connectivity index (χ1) is 12.3. The molecule has 2 aliphatic heterocycles. The summed E-state index contributed by atoms with van der Waals surface area (Å²) >= 11 is 0. The zero-order chi connectivity index (χ0) is 17.1. The van der Waals surface area contributed by atoms with Crippen molar-refractivity contribution < 1.29 is 4.79 Å². The number of anilines is 1. The molecule has 0 spiro atoms. The molecule has 3 heteroatoms. The Hall–Kier alpha value is -2.29. The van der Waals surface area contributed by atoms with Crippen molar-refractivity contribution in [3.63, 3.8) is 0 Å². The second-order valence-corrected chi connectivity index (χ2v) is 7.35. The number of hydrogen-bond donors (Lipinski definition) is 0. The average Bonchev–Trinajstić information content (AvgIpc) is 2.67. The topological polar surface area (TPSA) is 23.6 Å². The molecule has 4 rings (SSSR count). The lowest BCUT2D eigenvalue weighted by Crippen LogP contribution is -2.56. The first kappa shape index (κ1) is 16.2. The van der Waals surface area contributed by atoms with Crippen LogP contribution in [0.2, 0.25) is 0 Å². The minimum absolute atomic E-state index is 0.0904. The fourth-order valence-corrected chi connectivity index (χ4v) is 4.25. The van der Waals surface area contributed by atoms with E-state index in [4.69, 9.17) is 0 Å². The van der Waals surface area contributed by atoms with Crippen LogP contribution in [0.15, 0.2) is 60.7 Å². The Balaban J connectivity index is 1.58. The van der Waals surface area contributed by atoms with Crippen molar-refractivity contribution in [2.45, 2.75) is 32.1 Å². The molecule has 130 valence electrons. The Kier molecular flexibility index (Phi) is 4.73. The second-order valence-electron chi connectivity index (χ2n) is 7.35. The Morgan fingerprint density at radius 3 is 2.32 bits per heavy atom. The third-order valence-corrected chi connectivity index (χ3v) is 5.62. The molecule has 3 nitrogen and oxygen atoms in total. The van der Waals surface area contributed by atoms with Crippen LogP contribution in [-0.4, -0.2) is 24.0 Å². The van der Waals surface area contributed by atoms with Crippen molar-refractivity contribution >= 4 is 11.6 Å². The maximum Gasteiger partial charge on any atom is 0.244 e. The molecular weight excluding hydrogens is 308 g/mol. The van der Waals surface area contributed by atoms with Gasteiger partial charge in [0, 0.05) is 19.0 Å². The zero-order valence-corrected chi connectivity index (χ0v) is 14.7. The number of fused-ring (bicyclic) bond motifs is 2. The lowest BCUT2D eigenvalue weighted by Gasteiger charge is -2.46. The lowest BCUT2D eigenvalue weighted by atomic mass is 9.86. The molecule has 0 radical (unpaired) electrons. The molecule has 0 saturated carbocycles. The highest BCUT2D eigenvalue weighted by atomic mass is 16.2. The monoisotopic (exact) mass is 334 g/mol. The maximum absolute atomic E-state index is 13.4. The van der Waals surface area contributed by atoms with E-state index in [1.807, 2.05) is 12.1 Å². The van der Waals surface area contributed by atoms with E-state index >= 15 is 0 Å². The largest absolute Gasteiger partial charge is 0.283 e. The lowest BCUT2D eigenvalue weighted by molar-refractivity contribution is -0.139. The van der Waals surface area contributed by atoms with E-state index in [2.05, 4.69) is 58.5 Å². The third kappa shape index (κ3) is 3.55. The van der Waals surface area contributed by atoms with E-state index < -0.39 is 0 Å². The van der Waals surface area contributed by atoms with Crippen LogP contribution in [0.4, 0.5) is 5.69 Å². The summed E-state index contributed by atoms with van der Waals surface area (Å²) in [5.41, 5.74) is 2.40. The van der Waals surface area contributed by atoms with E-state index in [-0.39, 0.29) is 5.92 Å². The van der Waals surface area contributed by atoms with Gasteiger partial charge in [-0.05, 0) is 49.3 Å². The van der Waals surface area contributed by atoms with Crippen LogP contribution in [0.1, 0.15) is 31.2 Å². The summed E-state index contributed by atoms with van der Waals surface area (Å²) in [5, 5.41) is 4.26. The van der Waals surface area contributed by atoms with E-state index in [1.165, 1.54) is 24.8 Å². The molecule has 2 atom stereocenters. The van der Waals surface area contributed by atoms with Gasteiger partial charge in [-0.1, -0.05) is 55.0 Å². The second kappa shape index (κ2) is 7.30. The van der Waals surface area contributed by atoms with Crippen LogP contribution in [0.5, 0.6) is 0 Å². The van der Waals surface area contributed by atoms with Gasteiger partial charge in [-0.25, -0.2) is 0 Å². The van der Waals surface area contributed by atoms with Crippen LogP contribution in [0, 0.1) is 11.8 Å². The third-order valence-electron chi connectivity index (χ3n) is 5.62. The highest BCUT2D eigenvalue weighted by Gasteiger charge is 2.35. The molecule has 0 aromatic heterocycles. The quantitative estimate of drug-likeness (QED) is 0.835. The SMILES string of the molecule is O=C1[C@@H](Cc2ccccc2)CCC[C@H]2CCN(c3ccccc3)N1C2. The summed E-state index contributed by atoms with van der Waals surface area (Å²) in [7, 11) is 0. The summed E-state index contributed by atoms with van der Waals surface area (Å²) in [6, 6.07) is 20.8. The highest BCUT2D eigenvalue weighted by Crippen LogP contribution is 2.32. The number of rotatable bonds is 3. The van der Waals surface area contributed by atoms with Crippen LogP contribution in [-0.2, 0) is 11.2 Å². The molecular formula is C22H26N2O. The van der Waals surface area contributed by atoms with E-state index in [1.54, 1.807) is 0 Å². The molecule has 2 saturated heterocycles. The summed E-state index contributed by atoms with van der Waals surface area (Å²) in [4.78, 5) is 13.4. The van der Waals surface area contributed by atoms with Gasteiger partial charge in [-0.15, -0.1) is 0 Å². The van der Waals surface area contributed by atoms with Gasteiger partial charge in [0.15, 0.2) is 0 Å². The highest BCUT2D eigenvalue weighted by molar-refractivity contribution is 5.81. The standard InChI is InChI=1S/C22H26N2O/c25-22-20(16-18-8-3-1-4-9-18)11-7-10-19-14-15-23(24(22)17-19)21-12-5-2-6-13-21/h1-6,8-9,12-13,19-20H,7,10-11,14-17H2/t19-,20+/m0/s1. The van der Waals surface area contributed by atoms with Gasteiger partial charge in [0.05, 0.1) is 5.69 Å². The number of para-hydroxylation sites is 1. The van der Waals surface area contributed by atoms with E-state index in [9.17, 15) is 4.79 Å². The van der Waals surface area contributed by atoms with Gasteiger partial charge in [0.25, 0.3) is 0 Å². The normalized spacial score (nSPS) is 23.9. The van der Waals surface area contributed by atoms with Gasteiger partial charge in [-0.2, -0.15) is 0 Å². The Labute approximate surface area is 150 Å². The van der Waals surface area contributed by atoms with Gasteiger partial charge in [-0.3, -0.25) is 14.8 Å². The van der Waals surface area contributed by atoms with Crippen molar-refractivity contribution in [2.75, 3.05) is 18.1 Å². The van der Waals surface area contributed by atoms with Gasteiger partial charge in [0.1, 0.15) is 0 Å². The summed E-state index contributed by atoms with van der Waals surface area (Å²) < 4.78 is 0. The molecule has 2 heterocycles. The van der Waals surface area contributed by atoms with Crippen molar-refractivity contribution in [1.82, 2.24) is 5.01 Å². The fraction of sp³-hybridized carbons (Fsp3) is 0.409. The van der Waals surface area contributed by atoms with Crippen molar-refractivity contribution in [3.8, 4) is 0 Å². The van der Waals surface area contributed by atoms with Crippen LogP contribution in [0.25, 0.3) is 0 Å². The van der Waals surface area contributed by atoms with Crippen molar-refractivity contribution in [2.24, 2.45) is 11.8 Å². The minimum atomic E-state index is 0.0904. The van der Waals surface area contributed by atoms with Gasteiger partial charge in [0.2, 0.25) is 5.91 Å². The predicted octanol–water partition coefficient (Wildman–Crippen LogP) is 4.30. The molecule has 2 bridgehead atoms. The number of hydrogen-bond acceptors (Lipinski definition) is 2. The number of carbonyl (C=O) groups is 1. The number of amides is 1. The molecule has 2 aromatic rings. The van der Waals surface area contributed by atoms with E-state index in [0.29, 0.717) is 11.8 Å².